The van der Waals surface area contributed by atoms with Crippen LogP contribution in [0.25, 0.3) is 0 Å². The molecular formula is C16H22N4O3. The molecule has 1 aromatic carbocycles. The van der Waals surface area contributed by atoms with Crippen LogP contribution < -0.4 is 21.7 Å². The molecule has 0 radical (unpaired) electrons. The van der Waals surface area contributed by atoms with Crippen LogP contribution in [-0.4, -0.2) is 31.1 Å². The quantitative estimate of drug-likeness (QED) is 0.596. The maximum atomic E-state index is 12.2. The number of hydrazine groups is 2. The largest absolute Gasteiger partial charge is 0.381 e. The van der Waals surface area contributed by atoms with Crippen LogP contribution in [0.4, 0.5) is 0 Å². The second-order valence-electron chi connectivity index (χ2n) is 5.91. The van der Waals surface area contributed by atoms with Crippen LogP contribution in [0.15, 0.2) is 30.3 Å². The topological polar surface area (TPSA) is 91.5 Å². The van der Waals surface area contributed by atoms with E-state index in [0.717, 1.165) is 5.56 Å². The molecule has 0 saturated carbocycles. The molecule has 0 spiro atoms. The highest BCUT2D eigenvalue weighted by Gasteiger charge is 2.30. The first-order valence-electron chi connectivity index (χ1n) is 7.97. The number of nitrogens with one attached hydrogen (secondary N) is 4. The summed E-state index contributed by atoms with van der Waals surface area (Å²) in [6.45, 7) is 1.19. The molecule has 0 bridgehead atoms. The third-order valence-electron chi connectivity index (χ3n) is 4.32. The van der Waals surface area contributed by atoms with Gasteiger partial charge in [-0.25, -0.2) is 10.9 Å². The van der Waals surface area contributed by atoms with E-state index in [4.69, 9.17) is 4.74 Å². The normalized spacial score (nSPS) is 25.0. The van der Waals surface area contributed by atoms with E-state index >= 15 is 0 Å². The summed E-state index contributed by atoms with van der Waals surface area (Å²) in [4.78, 5) is 24.1. The lowest BCUT2D eigenvalue weighted by atomic mass is 10.00. The van der Waals surface area contributed by atoms with Gasteiger partial charge in [0.05, 0.1) is 0 Å². The van der Waals surface area contributed by atoms with Crippen LogP contribution in [-0.2, 0) is 14.3 Å². The van der Waals surface area contributed by atoms with Gasteiger partial charge in [-0.2, -0.15) is 0 Å². The van der Waals surface area contributed by atoms with Crippen molar-refractivity contribution in [2.24, 2.45) is 5.92 Å². The summed E-state index contributed by atoms with van der Waals surface area (Å²) in [7, 11) is 0. The molecule has 124 valence electrons. The van der Waals surface area contributed by atoms with Gasteiger partial charge >= 0.3 is 0 Å². The van der Waals surface area contributed by atoms with Gasteiger partial charge in [0.1, 0.15) is 6.04 Å². The lowest BCUT2D eigenvalue weighted by Gasteiger charge is -2.21. The number of hydrogen-bond donors (Lipinski definition) is 4. The van der Waals surface area contributed by atoms with Gasteiger partial charge in [-0.05, 0) is 24.8 Å². The number of carbonyl (C=O) groups excluding carboxylic acids is 2. The van der Waals surface area contributed by atoms with Gasteiger partial charge in [-0.1, -0.05) is 30.3 Å². The summed E-state index contributed by atoms with van der Waals surface area (Å²) in [6, 6.07) is 9.64. The van der Waals surface area contributed by atoms with Crippen molar-refractivity contribution in [3.8, 4) is 0 Å². The molecule has 7 heteroatoms. The van der Waals surface area contributed by atoms with E-state index in [9.17, 15) is 9.59 Å². The number of rotatable bonds is 3. The zero-order chi connectivity index (χ0) is 16.1. The Morgan fingerprint density at radius 1 is 1.00 bits per heavy atom. The smallest absolute Gasteiger partial charge is 0.256 e. The molecule has 2 heterocycles. The zero-order valence-corrected chi connectivity index (χ0v) is 12.9. The SMILES string of the molecule is O=C(NNC(=O)C1CC(c2ccccc2)NN1)C1CCOCC1. The highest BCUT2D eigenvalue weighted by molar-refractivity contribution is 5.86. The Morgan fingerprint density at radius 2 is 1.70 bits per heavy atom. The van der Waals surface area contributed by atoms with Gasteiger partial charge in [0, 0.05) is 25.2 Å². The highest BCUT2D eigenvalue weighted by atomic mass is 16.5. The lowest BCUT2D eigenvalue weighted by Crippen LogP contribution is -2.51. The third-order valence-corrected chi connectivity index (χ3v) is 4.32. The Bertz CT molecular complexity index is 546. The average molecular weight is 318 g/mol. The Labute approximate surface area is 135 Å². The predicted molar refractivity (Wildman–Crippen MR) is 83.7 cm³/mol. The fourth-order valence-electron chi connectivity index (χ4n) is 2.90. The molecular weight excluding hydrogens is 296 g/mol. The van der Waals surface area contributed by atoms with Crippen molar-refractivity contribution in [3.05, 3.63) is 35.9 Å². The molecule has 23 heavy (non-hydrogen) atoms. The van der Waals surface area contributed by atoms with Crippen molar-refractivity contribution in [1.82, 2.24) is 21.7 Å². The number of carbonyl (C=O) groups is 2. The molecule has 0 aliphatic carbocycles. The van der Waals surface area contributed by atoms with Crippen molar-refractivity contribution in [2.75, 3.05) is 13.2 Å². The van der Waals surface area contributed by atoms with E-state index in [-0.39, 0.29) is 29.8 Å². The molecule has 3 rings (SSSR count). The molecule has 2 amide bonds. The zero-order valence-electron chi connectivity index (χ0n) is 12.9. The van der Waals surface area contributed by atoms with E-state index in [1.54, 1.807) is 0 Å². The van der Waals surface area contributed by atoms with Gasteiger partial charge in [-0.3, -0.25) is 20.4 Å². The Balaban J connectivity index is 1.45. The van der Waals surface area contributed by atoms with Crippen molar-refractivity contribution in [1.29, 1.82) is 0 Å². The van der Waals surface area contributed by atoms with E-state index in [0.29, 0.717) is 32.5 Å². The average Bonchev–Trinajstić information content (AvgIpc) is 3.11. The van der Waals surface area contributed by atoms with Crippen LogP contribution >= 0.6 is 0 Å². The minimum Gasteiger partial charge on any atom is -0.381 e. The minimum atomic E-state index is -0.379. The molecule has 2 aliphatic heterocycles. The summed E-state index contributed by atoms with van der Waals surface area (Å²) in [6.07, 6.45) is 2.02. The highest BCUT2D eigenvalue weighted by Crippen LogP contribution is 2.21. The first kappa shape index (κ1) is 15.9. The molecule has 2 saturated heterocycles. The number of benzene rings is 1. The molecule has 4 N–H and O–H groups in total. The van der Waals surface area contributed by atoms with Crippen LogP contribution in [0, 0.1) is 5.92 Å². The van der Waals surface area contributed by atoms with Crippen molar-refractivity contribution in [2.45, 2.75) is 31.3 Å². The Kier molecular flexibility index (Phi) is 5.22. The van der Waals surface area contributed by atoms with E-state index < -0.39 is 0 Å². The molecule has 2 aliphatic rings. The summed E-state index contributed by atoms with van der Waals surface area (Å²) in [5, 5.41) is 0. The molecule has 2 atom stereocenters. The van der Waals surface area contributed by atoms with Gasteiger partial charge in [-0.15, -0.1) is 0 Å². The standard InChI is InChI=1S/C16H22N4O3/c21-15(12-6-8-23-9-7-12)19-20-16(22)14-10-13(17-18-14)11-4-2-1-3-5-11/h1-5,12-14,17-18H,6-10H2,(H,19,21)(H,20,22). The fraction of sp³-hybridized carbons (Fsp3) is 0.500. The third kappa shape index (κ3) is 4.07. The van der Waals surface area contributed by atoms with Crippen molar-refractivity contribution < 1.29 is 14.3 Å². The molecule has 7 nitrogen and oxygen atoms in total. The van der Waals surface area contributed by atoms with Crippen LogP contribution in [0.3, 0.4) is 0 Å². The monoisotopic (exact) mass is 318 g/mol. The molecule has 1 aromatic rings. The van der Waals surface area contributed by atoms with Crippen molar-refractivity contribution >= 4 is 11.8 Å². The number of amides is 2. The van der Waals surface area contributed by atoms with E-state index in [1.165, 1.54) is 0 Å². The summed E-state index contributed by atoms with van der Waals surface area (Å²) >= 11 is 0. The summed E-state index contributed by atoms with van der Waals surface area (Å²) < 4.78 is 5.22. The summed E-state index contributed by atoms with van der Waals surface area (Å²) in [5.74, 6) is -0.473. The molecule has 0 aromatic heterocycles. The molecule has 2 fully saturated rings. The second-order valence-corrected chi connectivity index (χ2v) is 5.91. The van der Waals surface area contributed by atoms with E-state index in [1.807, 2.05) is 30.3 Å². The first-order chi connectivity index (χ1) is 11.2. The van der Waals surface area contributed by atoms with Crippen LogP contribution in [0.2, 0.25) is 0 Å². The summed E-state index contributed by atoms with van der Waals surface area (Å²) in [5.41, 5.74) is 12.2. The Morgan fingerprint density at radius 3 is 2.43 bits per heavy atom. The number of hydrogen-bond acceptors (Lipinski definition) is 5. The maximum absolute atomic E-state index is 12.2. The van der Waals surface area contributed by atoms with Crippen LogP contribution in [0.1, 0.15) is 30.9 Å². The maximum Gasteiger partial charge on any atom is 0.256 e. The fourth-order valence-corrected chi connectivity index (χ4v) is 2.90. The predicted octanol–water partition coefficient (Wildman–Crippen LogP) is 0.168. The van der Waals surface area contributed by atoms with Gasteiger partial charge in [0.15, 0.2) is 0 Å². The number of ether oxygens (including phenoxy) is 1. The molecule has 2 unspecified atom stereocenters. The second kappa shape index (κ2) is 7.54. The lowest BCUT2D eigenvalue weighted by molar-refractivity contribution is -0.133. The van der Waals surface area contributed by atoms with Crippen molar-refractivity contribution in [3.63, 3.8) is 0 Å². The van der Waals surface area contributed by atoms with Gasteiger partial charge in [0.2, 0.25) is 5.91 Å². The van der Waals surface area contributed by atoms with Gasteiger partial charge in [0.25, 0.3) is 5.91 Å². The minimum absolute atomic E-state index is 0.0816. The van der Waals surface area contributed by atoms with E-state index in [2.05, 4.69) is 21.7 Å². The van der Waals surface area contributed by atoms with Crippen LogP contribution in [0.5, 0.6) is 0 Å². The van der Waals surface area contributed by atoms with Gasteiger partial charge < -0.3 is 4.74 Å². The Hall–Kier alpha value is -1.96. The first-order valence-corrected chi connectivity index (χ1v) is 7.97.